The molecule has 0 aliphatic carbocycles. The monoisotopic (exact) mass is 418 g/mol. The number of morpholine rings is 1. The number of aldehydes is 1. The summed E-state index contributed by atoms with van der Waals surface area (Å²) < 4.78 is 40.4. The normalized spacial score (nSPS) is 16.2. The van der Waals surface area contributed by atoms with Crippen molar-refractivity contribution >= 4 is 6.29 Å². The molecule has 3 rings (SSSR count). The first-order valence-electron chi connectivity index (χ1n) is 10.2. The van der Waals surface area contributed by atoms with Crippen LogP contribution in [0.5, 0.6) is 5.75 Å². The van der Waals surface area contributed by atoms with Crippen molar-refractivity contribution in [1.82, 2.24) is 10.2 Å². The average molecular weight is 418 g/mol. The van der Waals surface area contributed by atoms with E-state index in [0.717, 1.165) is 12.8 Å². The number of carbonyl (C=O) groups excluding carboxylic acids is 1. The van der Waals surface area contributed by atoms with Crippen LogP contribution in [-0.4, -0.2) is 56.8 Å². The highest BCUT2D eigenvalue weighted by molar-refractivity contribution is 5.57. The van der Waals surface area contributed by atoms with Gasteiger partial charge in [-0.25, -0.2) is 0 Å². The lowest BCUT2D eigenvalue weighted by Crippen LogP contribution is -2.53. The van der Waals surface area contributed by atoms with Gasteiger partial charge in [0.25, 0.3) is 5.92 Å². The third kappa shape index (κ3) is 6.58. The van der Waals surface area contributed by atoms with Crippen LogP contribution in [0.4, 0.5) is 8.78 Å². The van der Waals surface area contributed by atoms with Gasteiger partial charge in [-0.3, -0.25) is 10.2 Å². The second-order valence-electron chi connectivity index (χ2n) is 7.28. The molecule has 162 valence electrons. The Morgan fingerprint density at radius 3 is 2.63 bits per heavy atom. The van der Waals surface area contributed by atoms with Gasteiger partial charge in [0.2, 0.25) is 0 Å². The molecule has 1 aliphatic heterocycles. The number of nitrogens with one attached hydrogen (secondary N) is 1. The van der Waals surface area contributed by atoms with E-state index in [0.29, 0.717) is 44.9 Å². The van der Waals surface area contributed by atoms with E-state index < -0.39 is 18.6 Å². The number of aryl methyl sites for hydroxylation is 1. The summed E-state index contributed by atoms with van der Waals surface area (Å²) in [5.41, 5.74) is 1.08. The fraction of sp³-hybridized carbons (Fsp3) is 0.435. The molecule has 0 aromatic heterocycles. The summed E-state index contributed by atoms with van der Waals surface area (Å²) in [6, 6.07) is 16.0. The zero-order valence-corrected chi connectivity index (χ0v) is 16.9. The Labute approximate surface area is 176 Å². The molecule has 2 aromatic carbocycles. The molecule has 1 unspecified atom stereocenters. The van der Waals surface area contributed by atoms with Crippen LogP contribution in [0.25, 0.3) is 0 Å². The van der Waals surface area contributed by atoms with Gasteiger partial charge < -0.3 is 14.3 Å². The van der Waals surface area contributed by atoms with Crippen molar-refractivity contribution < 1.29 is 23.0 Å². The maximum atomic E-state index is 14.7. The molecule has 30 heavy (non-hydrogen) atoms. The van der Waals surface area contributed by atoms with Crippen LogP contribution in [0.3, 0.4) is 0 Å². The number of alkyl halides is 2. The number of carbonyl (C=O) groups is 1. The van der Waals surface area contributed by atoms with E-state index in [-0.39, 0.29) is 5.56 Å². The lowest BCUT2D eigenvalue weighted by molar-refractivity contribution is -0.116. The molecule has 2 aromatic rings. The molecule has 0 bridgehead atoms. The SMILES string of the molecule is O=CC(NCC(F)(F)c1cccc(OCCCc2ccccc2)c1)N1CCOCC1. The number of rotatable bonds is 11. The Hall–Kier alpha value is -2.35. The van der Waals surface area contributed by atoms with Crippen molar-refractivity contribution in [1.29, 1.82) is 0 Å². The van der Waals surface area contributed by atoms with Gasteiger partial charge in [0.15, 0.2) is 6.29 Å². The third-order valence-corrected chi connectivity index (χ3v) is 5.08. The minimum atomic E-state index is -3.13. The second kappa shape index (κ2) is 11.2. The first-order chi connectivity index (χ1) is 14.6. The zero-order valence-electron chi connectivity index (χ0n) is 16.9. The van der Waals surface area contributed by atoms with E-state index in [2.05, 4.69) is 17.4 Å². The van der Waals surface area contributed by atoms with Crippen molar-refractivity contribution in [2.45, 2.75) is 24.9 Å². The summed E-state index contributed by atoms with van der Waals surface area (Å²) in [6.45, 7) is 1.87. The molecular formula is C23H28F2N2O3. The topological polar surface area (TPSA) is 50.8 Å². The van der Waals surface area contributed by atoms with Gasteiger partial charge in [0.1, 0.15) is 11.9 Å². The molecule has 5 nitrogen and oxygen atoms in total. The number of ether oxygens (including phenoxy) is 2. The molecule has 1 saturated heterocycles. The largest absolute Gasteiger partial charge is 0.494 e. The Bertz CT molecular complexity index is 783. The molecule has 0 saturated carbocycles. The lowest BCUT2D eigenvalue weighted by atomic mass is 10.1. The third-order valence-electron chi connectivity index (χ3n) is 5.08. The van der Waals surface area contributed by atoms with Crippen LogP contribution in [0.15, 0.2) is 54.6 Å². The fourth-order valence-electron chi connectivity index (χ4n) is 3.38. The minimum Gasteiger partial charge on any atom is -0.494 e. The first-order valence-corrected chi connectivity index (χ1v) is 10.2. The highest BCUT2D eigenvalue weighted by atomic mass is 19.3. The molecule has 1 aliphatic rings. The van der Waals surface area contributed by atoms with E-state index in [1.54, 1.807) is 17.0 Å². The molecule has 1 N–H and O–H groups in total. The lowest BCUT2D eigenvalue weighted by Gasteiger charge is -2.32. The molecule has 1 fully saturated rings. The molecule has 0 radical (unpaired) electrons. The molecule has 0 amide bonds. The van der Waals surface area contributed by atoms with Crippen LogP contribution in [0, 0.1) is 0 Å². The molecule has 0 spiro atoms. The van der Waals surface area contributed by atoms with E-state index >= 15 is 0 Å². The number of benzene rings is 2. The summed E-state index contributed by atoms with van der Waals surface area (Å²) in [6.07, 6.45) is 1.58. The zero-order chi connectivity index (χ0) is 21.2. The van der Waals surface area contributed by atoms with Gasteiger partial charge in [-0.1, -0.05) is 42.5 Å². The van der Waals surface area contributed by atoms with Gasteiger partial charge in [-0.05, 0) is 30.5 Å². The second-order valence-corrected chi connectivity index (χ2v) is 7.28. The van der Waals surface area contributed by atoms with Crippen molar-refractivity contribution in [3.8, 4) is 5.75 Å². The summed E-state index contributed by atoms with van der Waals surface area (Å²) in [7, 11) is 0. The van der Waals surface area contributed by atoms with Crippen molar-refractivity contribution in [2.24, 2.45) is 0 Å². The smallest absolute Gasteiger partial charge is 0.285 e. The fourth-order valence-corrected chi connectivity index (χ4v) is 3.38. The maximum absolute atomic E-state index is 14.7. The van der Waals surface area contributed by atoms with Crippen molar-refractivity contribution in [3.05, 3.63) is 65.7 Å². The molecule has 7 heteroatoms. The summed E-state index contributed by atoms with van der Waals surface area (Å²) >= 11 is 0. The summed E-state index contributed by atoms with van der Waals surface area (Å²) in [5, 5.41) is 2.68. The Morgan fingerprint density at radius 2 is 1.90 bits per heavy atom. The standard InChI is InChI=1S/C23H28F2N2O3/c24-23(25,18-26-22(17-28)27-11-14-29-15-12-27)20-9-4-10-21(16-20)30-13-5-8-19-6-2-1-3-7-19/h1-4,6-7,9-10,16-17,22,26H,5,8,11-15,18H2. The quantitative estimate of drug-likeness (QED) is 0.449. The van der Waals surface area contributed by atoms with Crippen molar-refractivity contribution in [3.63, 3.8) is 0 Å². The van der Waals surface area contributed by atoms with Gasteiger partial charge in [0.05, 0.1) is 26.4 Å². The number of halogens is 2. The Kier molecular flexibility index (Phi) is 8.30. The van der Waals surface area contributed by atoms with E-state index in [1.165, 1.54) is 17.7 Å². The van der Waals surface area contributed by atoms with E-state index in [1.807, 2.05) is 18.2 Å². The van der Waals surface area contributed by atoms with E-state index in [9.17, 15) is 13.6 Å². The highest BCUT2D eigenvalue weighted by Crippen LogP contribution is 2.30. The summed E-state index contributed by atoms with van der Waals surface area (Å²) in [5.74, 6) is -2.71. The van der Waals surface area contributed by atoms with Crippen molar-refractivity contribution in [2.75, 3.05) is 39.5 Å². The molecule has 1 atom stereocenters. The van der Waals surface area contributed by atoms with Gasteiger partial charge >= 0.3 is 0 Å². The number of hydrogen-bond acceptors (Lipinski definition) is 5. The van der Waals surface area contributed by atoms with Crippen LogP contribution in [0.2, 0.25) is 0 Å². The maximum Gasteiger partial charge on any atom is 0.285 e. The van der Waals surface area contributed by atoms with E-state index in [4.69, 9.17) is 9.47 Å². The molecular weight excluding hydrogens is 390 g/mol. The predicted molar refractivity (Wildman–Crippen MR) is 111 cm³/mol. The first kappa shape index (κ1) is 22.3. The number of hydrogen-bond donors (Lipinski definition) is 1. The average Bonchev–Trinajstić information content (AvgIpc) is 2.79. The Morgan fingerprint density at radius 1 is 1.13 bits per heavy atom. The predicted octanol–water partition coefficient (Wildman–Crippen LogP) is 3.24. The number of nitrogens with zero attached hydrogens (tertiary/aromatic N) is 1. The Balaban J connectivity index is 1.50. The summed E-state index contributed by atoms with van der Waals surface area (Å²) in [4.78, 5) is 13.2. The van der Waals surface area contributed by atoms with Crippen LogP contribution < -0.4 is 10.1 Å². The van der Waals surface area contributed by atoms with Crippen LogP contribution >= 0.6 is 0 Å². The highest BCUT2D eigenvalue weighted by Gasteiger charge is 2.33. The van der Waals surface area contributed by atoms with Crippen LogP contribution in [0.1, 0.15) is 17.5 Å². The van der Waals surface area contributed by atoms with Gasteiger partial charge in [-0.15, -0.1) is 0 Å². The minimum absolute atomic E-state index is 0.137. The van der Waals surface area contributed by atoms with Gasteiger partial charge in [0, 0.05) is 18.7 Å². The van der Waals surface area contributed by atoms with Crippen LogP contribution in [-0.2, 0) is 21.9 Å². The van der Waals surface area contributed by atoms with Gasteiger partial charge in [-0.2, -0.15) is 8.78 Å². The molecule has 1 heterocycles.